The third kappa shape index (κ3) is 0.741. The van der Waals surface area contributed by atoms with Crippen molar-refractivity contribution in [1.82, 2.24) is 10.2 Å². The molecule has 1 rings (SSSR count). The van der Waals surface area contributed by atoms with Crippen molar-refractivity contribution in [3.8, 4) is 12.3 Å². The summed E-state index contributed by atoms with van der Waals surface area (Å²) in [7, 11) is 0. The molecule has 1 atom stereocenters. The Balaban J connectivity index is 2.77. The number of rotatable bonds is 0. The van der Waals surface area contributed by atoms with Crippen LogP contribution in [0.4, 0.5) is 4.79 Å². The molecule has 0 aromatic rings. The first-order chi connectivity index (χ1) is 4.79. The Morgan fingerprint density at radius 1 is 1.70 bits per heavy atom. The molecule has 1 aliphatic heterocycles. The number of hydrogen-bond donors (Lipinski definition) is 1. The van der Waals surface area contributed by atoms with Crippen LogP contribution in [-0.2, 0) is 0 Å². The van der Waals surface area contributed by atoms with Crippen molar-refractivity contribution >= 4 is 6.03 Å². The van der Waals surface area contributed by atoms with Crippen LogP contribution in [-0.4, -0.2) is 23.5 Å². The molecule has 1 saturated heterocycles. The fourth-order valence-corrected chi connectivity index (χ4v) is 0.720. The molecule has 2 amide bonds. The van der Waals surface area contributed by atoms with Gasteiger partial charge in [-0.3, -0.25) is 0 Å². The van der Waals surface area contributed by atoms with Gasteiger partial charge in [-0.15, -0.1) is 0 Å². The van der Waals surface area contributed by atoms with Gasteiger partial charge in [0.1, 0.15) is 0 Å². The quantitative estimate of drug-likeness (QED) is 0.451. The SMILES string of the molecule is N#CC1CNC(=O)N1C#N. The molecule has 10 heavy (non-hydrogen) atoms. The zero-order chi connectivity index (χ0) is 7.56. The highest BCUT2D eigenvalue weighted by atomic mass is 16.2. The Morgan fingerprint density at radius 3 is 2.80 bits per heavy atom. The van der Waals surface area contributed by atoms with E-state index in [1.54, 1.807) is 6.19 Å². The highest BCUT2D eigenvalue weighted by Crippen LogP contribution is 2.02. The van der Waals surface area contributed by atoms with Crippen molar-refractivity contribution in [2.45, 2.75) is 6.04 Å². The molecule has 0 saturated carbocycles. The summed E-state index contributed by atoms with van der Waals surface area (Å²) in [6.45, 7) is 0.239. The van der Waals surface area contributed by atoms with Gasteiger partial charge in [-0.2, -0.15) is 10.5 Å². The summed E-state index contributed by atoms with van der Waals surface area (Å²) < 4.78 is 0. The van der Waals surface area contributed by atoms with Gasteiger partial charge in [0.15, 0.2) is 12.2 Å². The van der Waals surface area contributed by atoms with Gasteiger partial charge in [-0.05, 0) is 0 Å². The summed E-state index contributed by atoms with van der Waals surface area (Å²) in [6.07, 6.45) is 1.61. The Kier molecular flexibility index (Phi) is 1.43. The second-order valence-corrected chi connectivity index (χ2v) is 1.80. The zero-order valence-corrected chi connectivity index (χ0v) is 5.03. The van der Waals surface area contributed by atoms with E-state index in [4.69, 9.17) is 10.5 Å². The second kappa shape index (κ2) is 2.24. The van der Waals surface area contributed by atoms with Crippen molar-refractivity contribution in [2.75, 3.05) is 6.54 Å². The van der Waals surface area contributed by atoms with Crippen molar-refractivity contribution in [3.63, 3.8) is 0 Å². The Bertz CT molecular complexity index is 235. The van der Waals surface area contributed by atoms with E-state index in [0.29, 0.717) is 0 Å². The van der Waals surface area contributed by atoms with Crippen LogP contribution < -0.4 is 5.32 Å². The molecule has 50 valence electrons. The molecule has 5 nitrogen and oxygen atoms in total. The van der Waals surface area contributed by atoms with Crippen molar-refractivity contribution in [1.29, 1.82) is 10.5 Å². The largest absolute Gasteiger partial charge is 0.334 e. The van der Waals surface area contributed by atoms with E-state index in [2.05, 4.69) is 5.32 Å². The molecule has 5 heteroatoms. The first kappa shape index (κ1) is 6.37. The second-order valence-electron chi connectivity index (χ2n) is 1.80. The normalized spacial score (nSPS) is 23.2. The average Bonchev–Trinajstić information content (AvgIpc) is 2.30. The average molecular weight is 136 g/mol. The molecule has 0 aliphatic carbocycles. The number of urea groups is 1. The monoisotopic (exact) mass is 136 g/mol. The highest BCUT2D eigenvalue weighted by Gasteiger charge is 2.30. The molecule has 0 aromatic carbocycles. The zero-order valence-electron chi connectivity index (χ0n) is 5.03. The first-order valence-corrected chi connectivity index (χ1v) is 2.66. The lowest BCUT2D eigenvalue weighted by Crippen LogP contribution is -2.27. The smallest absolute Gasteiger partial charge is 0.332 e. The van der Waals surface area contributed by atoms with Crippen LogP contribution in [0, 0.1) is 22.8 Å². The minimum absolute atomic E-state index is 0.239. The number of carbonyl (C=O) groups excluding carboxylic acids is 1. The molecule has 1 fully saturated rings. The fourth-order valence-electron chi connectivity index (χ4n) is 0.720. The summed E-state index contributed by atoms with van der Waals surface area (Å²) in [5.74, 6) is 0. The molecule has 0 bridgehead atoms. The van der Waals surface area contributed by atoms with Gasteiger partial charge in [-0.1, -0.05) is 0 Å². The van der Waals surface area contributed by atoms with Crippen LogP contribution in [0.2, 0.25) is 0 Å². The van der Waals surface area contributed by atoms with Crippen LogP contribution >= 0.6 is 0 Å². The molecular weight excluding hydrogens is 132 g/mol. The number of hydrogen-bond acceptors (Lipinski definition) is 3. The van der Waals surface area contributed by atoms with Gasteiger partial charge in [0.25, 0.3) is 0 Å². The number of amides is 2. The lowest BCUT2D eigenvalue weighted by atomic mass is 10.3. The topological polar surface area (TPSA) is 79.9 Å². The van der Waals surface area contributed by atoms with Crippen LogP contribution in [0.1, 0.15) is 0 Å². The number of nitrogens with one attached hydrogen (secondary N) is 1. The summed E-state index contributed by atoms with van der Waals surface area (Å²) in [5, 5.41) is 19.0. The minimum atomic E-state index is -0.627. The third-order valence-corrected chi connectivity index (χ3v) is 1.23. The van der Waals surface area contributed by atoms with E-state index in [1.807, 2.05) is 6.07 Å². The fraction of sp³-hybridized carbons (Fsp3) is 0.400. The molecule has 0 radical (unpaired) electrons. The highest BCUT2D eigenvalue weighted by molar-refractivity contribution is 5.79. The summed E-state index contributed by atoms with van der Waals surface area (Å²) in [5.41, 5.74) is 0. The summed E-state index contributed by atoms with van der Waals surface area (Å²) in [4.78, 5) is 11.4. The minimum Gasteiger partial charge on any atom is -0.334 e. The van der Waals surface area contributed by atoms with E-state index in [1.165, 1.54) is 0 Å². The van der Waals surface area contributed by atoms with Gasteiger partial charge < -0.3 is 5.32 Å². The molecule has 1 N–H and O–H groups in total. The van der Waals surface area contributed by atoms with Crippen LogP contribution in [0.15, 0.2) is 0 Å². The van der Waals surface area contributed by atoms with Crippen LogP contribution in [0.3, 0.4) is 0 Å². The molecule has 1 unspecified atom stereocenters. The van der Waals surface area contributed by atoms with Crippen LogP contribution in [0.25, 0.3) is 0 Å². The lowest BCUT2D eigenvalue weighted by molar-refractivity contribution is 0.229. The Labute approximate surface area is 57.4 Å². The van der Waals surface area contributed by atoms with E-state index in [0.717, 1.165) is 4.90 Å². The summed E-state index contributed by atoms with van der Waals surface area (Å²) >= 11 is 0. The first-order valence-electron chi connectivity index (χ1n) is 2.66. The number of nitriles is 2. The van der Waals surface area contributed by atoms with E-state index < -0.39 is 12.1 Å². The molecule has 0 spiro atoms. The molecule has 0 aromatic heterocycles. The molecule has 1 heterocycles. The van der Waals surface area contributed by atoms with Crippen LogP contribution in [0.5, 0.6) is 0 Å². The predicted octanol–water partition coefficient (Wildman–Crippen LogP) is -0.615. The molecular formula is C5H4N4O. The van der Waals surface area contributed by atoms with Gasteiger partial charge in [-0.25, -0.2) is 9.69 Å². The maximum atomic E-state index is 10.6. The van der Waals surface area contributed by atoms with Gasteiger partial charge >= 0.3 is 6.03 Å². The predicted molar refractivity (Wildman–Crippen MR) is 30.3 cm³/mol. The number of carbonyl (C=O) groups is 1. The maximum absolute atomic E-state index is 10.6. The van der Waals surface area contributed by atoms with Gasteiger partial charge in [0, 0.05) is 0 Å². The van der Waals surface area contributed by atoms with Crippen molar-refractivity contribution < 1.29 is 4.79 Å². The lowest BCUT2D eigenvalue weighted by Gasteiger charge is -2.03. The van der Waals surface area contributed by atoms with Crippen molar-refractivity contribution in [2.24, 2.45) is 0 Å². The van der Waals surface area contributed by atoms with Gasteiger partial charge in [0.05, 0.1) is 12.6 Å². The maximum Gasteiger partial charge on any atom is 0.332 e. The molecule has 1 aliphatic rings. The van der Waals surface area contributed by atoms with Crippen molar-refractivity contribution in [3.05, 3.63) is 0 Å². The van der Waals surface area contributed by atoms with E-state index in [9.17, 15) is 4.79 Å². The number of nitrogens with zero attached hydrogens (tertiary/aromatic N) is 3. The Morgan fingerprint density at radius 2 is 2.40 bits per heavy atom. The Hall–Kier alpha value is -1.75. The summed E-state index contributed by atoms with van der Waals surface area (Å²) in [6, 6.07) is 0.696. The standard InChI is InChI=1S/C5H4N4O/c6-1-4-2-8-5(10)9(4)3-7/h4H,2H2,(H,8,10). The van der Waals surface area contributed by atoms with E-state index >= 15 is 0 Å². The van der Waals surface area contributed by atoms with Gasteiger partial charge in [0.2, 0.25) is 0 Å². The van der Waals surface area contributed by atoms with E-state index in [-0.39, 0.29) is 6.54 Å². The third-order valence-electron chi connectivity index (χ3n) is 1.23.